The summed E-state index contributed by atoms with van der Waals surface area (Å²) in [6.07, 6.45) is 3.53. The lowest BCUT2D eigenvalue weighted by molar-refractivity contribution is 0.122. The van der Waals surface area contributed by atoms with Crippen LogP contribution in [0.5, 0.6) is 5.75 Å². The monoisotopic (exact) mass is 527 g/mol. The van der Waals surface area contributed by atoms with Gasteiger partial charge < -0.3 is 20.1 Å². The largest absolute Gasteiger partial charge is 0.508 e. The molecule has 0 unspecified atom stereocenters. The number of aromatic hydroxyl groups is 1. The Morgan fingerprint density at radius 1 is 1.08 bits per heavy atom. The molecule has 0 atom stereocenters. The molecule has 1 aliphatic rings. The number of morpholine rings is 1. The van der Waals surface area contributed by atoms with Crippen molar-refractivity contribution in [1.29, 1.82) is 0 Å². The van der Waals surface area contributed by atoms with Crippen LogP contribution in [0.3, 0.4) is 0 Å². The second-order valence-electron chi connectivity index (χ2n) is 9.05. The Balaban J connectivity index is 1.31. The van der Waals surface area contributed by atoms with E-state index in [2.05, 4.69) is 33.4 Å². The van der Waals surface area contributed by atoms with Gasteiger partial charge in [-0.15, -0.1) is 0 Å². The van der Waals surface area contributed by atoms with Crippen molar-refractivity contribution in [2.24, 2.45) is 10.9 Å². The number of aryl methyl sites for hydroxylation is 1. The normalized spacial score (nSPS) is 13.6. The molecule has 0 amide bonds. The van der Waals surface area contributed by atoms with Gasteiger partial charge in [0.1, 0.15) is 5.75 Å². The second kappa shape index (κ2) is 11.9. The average Bonchev–Trinajstić information content (AvgIpc) is 2.97. The van der Waals surface area contributed by atoms with Gasteiger partial charge >= 0.3 is 0 Å². The summed E-state index contributed by atoms with van der Waals surface area (Å²) in [4.78, 5) is 10.1. The van der Waals surface area contributed by atoms with E-state index in [-0.39, 0.29) is 17.5 Å². The van der Waals surface area contributed by atoms with E-state index in [0.717, 1.165) is 51.4 Å². The van der Waals surface area contributed by atoms with E-state index in [1.807, 2.05) is 53.4 Å². The molecule has 0 radical (unpaired) electrons. The number of nitrogens with one attached hydrogen (secondary N) is 1. The maximum absolute atomic E-state index is 14.4. The first kappa shape index (κ1) is 26.1. The first-order valence-electron chi connectivity index (χ1n) is 12.7. The number of anilines is 4. The van der Waals surface area contributed by atoms with Crippen molar-refractivity contribution in [3.8, 4) is 16.9 Å². The Hall–Kier alpha value is -4.54. The third-order valence-corrected chi connectivity index (χ3v) is 6.40. The molecule has 200 valence electrons. The summed E-state index contributed by atoms with van der Waals surface area (Å²) in [5, 5.41) is 18.6. The minimum Gasteiger partial charge on any atom is -0.508 e. The summed E-state index contributed by atoms with van der Waals surface area (Å²) >= 11 is 0. The number of phenolic OH excluding ortho intramolecular Hbond substituents is 1. The summed E-state index contributed by atoms with van der Waals surface area (Å²) < 4.78 is 19.7. The van der Waals surface area contributed by atoms with Gasteiger partial charge in [-0.2, -0.15) is 15.2 Å². The number of hydrogen-bond acceptors (Lipinski definition) is 9. The summed E-state index contributed by atoms with van der Waals surface area (Å²) in [7, 11) is 0. The van der Waals surface area contributed by atoms with Gasteiger partial charge in [-0.05, 0) is 65.1 Å². The first-order valence-corrected chi connectivity index (χ1v) is 12.7. The van der Waals surface area contributed by atoms with Crippen LogP contribution in [0.4, 0.5) is 27.5 Å². The summed E-state index contributed by atoms with van der Waals surface area (Å²) in [5.41, 5.74) is 5.75. The van der Waals surface area contributed by atoms with E-state index in [1.54, 1.807) is 18.3 Å². The molecule has 0 bridgehead atoms. The summed E-state index contributed by atoms with van der Waals surface area (Å²) in [5.74, 6) is 6.10. The molecule has 4 aromatic rings. The summed E-state index contributed by atoms with van der Waals surface area (Å²) in [6, 6.07) is 21.2. The predicted molar refractivity (Wildman–Crippen MR) is 152 cm³/mol. The Labute approximate surface area is 226 Å². The van der Waals surface area contributed by atoms with E-state index >= 15 is 0 Å². The maximum atomic E-state index is 14.4. The van der Waals surface area contributed by atoms with Gasteiger partial charge in [0.2, 0.25) is 0 Å². The number of aromatic nitrogens is 2. The van der Waals surface area contributed by atoms with Crippen molar-refractivity contribution in [3.05, 3.63) is 89.9 Å². The molecule has 4 N–H and O–H groups in total. The van der Waals surface area contributed by atoms with Gasteiger partial charge in [0.25, 0.3) is 5.95 Å². The van der Waals surface area contributed by atoms with Crippen LogP contribution in [0.15, 0.2) is 78.0 Å². The molecule has 9 nitrogen and oxygen atoms in total. The molecule has 39 heavy (non-hydrogen) atoms. The number of halogens is 1. The molecule has 3 aromatic carbocycles. The van der Waals surface area contributed by atoms with E-state index in [1.165, 1.54) is 0 Å². The van der Waals surface area contributed by atoms with E-state index in [0.29, 0.717) is 26.3 Å². The van der Waals surface area contributed by atoms with E-state index in [4.69, 9.17) is 10.6 Å². The highest BCUT2D eigenvalue weighted by molar-refractivity contribution is 5.84. The number of phenols is 1. The Morgan fingerprint density at radius 2 is 1.82 bits per heavy atom. The molecule has 1 aromatic heterocycles. The minimum atomic E-state index is -0.512. The van der Waals surface area contributed by atoms with Crippen molar-refractivity contribution in [2.75, 3.05) is 41.6 Å². The Bertz CT molecular complexity index is 1470. The molecule has 1 saturated heterocycles. The van der Waals surface area contributed by atoms with Crippen LogP contribution in [0.25, 0.3) is 11.1 Å². The van der Waals surface area contributed by atoms with Crippen LogP contribution >= 0.6 is 0 Å². The molecule has 2 heterocycles. The molecule has 0 aliphatic carbocycles. The number of nitrogens with zero attached hydrogens (tertiary/aromatic N) is 5. The third-order valence-electron chi connectivity index (χ3n) is 6.40. The van der Waals surface area contributed by atoms with Crippen molar-refractivity contribution < 1.29 is 14.2 Å². The standard InChI is InChI=1S/C29H30FN7O2/c1-2-20-15-25(34-24-7-3-5-21(16-24)22-6-4-8-26(38)17-22)10-9-23(20)18-33-37(31)29-32-19-27(30)28(35-29)36-11-13-39-14-12-36/h3-10,15-19,34,38H,2,11-14,31H2,1H3/b33-18+. The van der Waals surface area contributed by atoms with Gasteiger partial charge in [-0.25, -0.2) is 15.2 Å². The smallest absolute Gasteiger partial charge is 0.263 e. The van der Waals surface area contributed by atoms with Crippen LogP contribution in [0.2, 0.25) is 0 Å². The summed E-state index contributed by atoms with van der Waals surface area (Å²) in [6.45, 7) is 4.17. The number of benzene rings is 3. The number of nitrogens with two attached hydrogens (primary N) is 1. The number of hydrazone groups is 1. The fourth-order valence-corrected chi connectivity index (χ4v) is 4.38. The molecular weight excluding hydrogens is 497 g/mol. The lowest BCUT2D eigenvalue weighted by Gasteiger charge is -2.28. The van der Waals surface area contributed by atoms with Crippen molar-refractivity contribution in [2.45, 2.75) is 13.3 Å². The Kier molecular flexibility index (Phi) is 7.95. The van der Waals surface area contributed by atoms with Gasteiger partial charge in [0, 0.05) is 24.5 Å². The molecule has 0 spiro atoms. The quantitative estimate of drug-likeness (QED) is 0.169. The first-order chi connectivity index (χ1) is 19.0. The van der Waals surface area contributed by atoms with Crippen molar-refractivity contribution in [3.63, 3.8) is 0 Å². The lowest BCUT2D eigenvalue weighted by Crippen LogP contribution is -2.38. The highest BCUT2D eigenvalue weighted by Crippen LogP contribution is 2.28. The zero-order valence-electron chi connectivity index (χ0n) is 21.6. The second-order valence-corrected chi connectivity index (χ2v) is 9.05. The molecule has 10 heteroatoms. The van der Waals surface area contributed by atoms with Crippen LogP contribution in [0.1, 0.15) is 18.1 Å². The topological polar surface area (TPSA) is 112 Å². The minimum absolute atomic E-state index is 0.0945. The van der Waals surface area contributed by atoms with E-state index < -0.39 is 5.82 Å². The number of hydrogen-bond donors (Lipinski definition) is 3. The highest BCUT2D eigenvalue weighted by atomic mass is 19.1. The lowest BCUT2D eigenvalue weighted by atomic mass is 10.0. The molecule has 1 fully saturated rings. The average molecular weight is 528 g/mol. The Morgan fingerprint density at radius 3 is 2.59 bits per heavy atom. The zero-order chi connectivity index (χ0) is 27.2. The third kappa shape index (κ3) is 6.31. The van der Waals surface area contributed by atoms with Crippen LogP contribution in [-0.4, -0.2) is 47.6 Å². The molecule has 0 saturated carbocycles. The fraction of sp³-hybridized carbons (Fsp3) is 0.207. The number of hydrazine groups is 1. The number of ether oxygens (including phenoxy) is 1. The SMILES string of the molecule is CCc1cc(Nc2cccc(-c3cccc(O)c3)c2)ccc1/C=N/N(N)c1ncc(F)c(N2CCOCC2)n1. The van der Waals surface area contributed by atoms with Crippen molar-refractivity contribution in [1.82, 2.24) is 9.97 Å². The maximum Gasteiger partial charge on any atom is 0.263 e. The predicted octanol–water partition coefficient (Wildman–Crippen LogP) is 4.85. The van der Waals surface area contributed by atoms with Gasteiger partial charge in [0.15, 0.2) is 11.6 Å². The van der Waals surface area contributed by atoms with Gasteiger partial charge in [-0.3, -0.25) is 0 Å². The molecular formula is C29H30FN7O2. The van der Waals surface area contributed by atoms with Gasteiger partial charge in [-0.1, -0.05) is 37.3 Å². The van der Waals surface area contributed by atoms with Gasteiger partial charge in [0.05, 0.1) is 25.6 Å². The number of rotatable bonds is 8. The molecule has 1 aliphatic heterocycles. The van der Waals surface area contributed by atoms with E-state index in [9.17, 15) is 9.50 Å². The fourth-order valence-electron chi connectivity index (χ4n) is 4.38. The zero-order valence-corrected chi connectivity index (χ0v) is 21.6. The molecule has 5 rings (SSSR count). The van der Waals surface area contributed by atoms with Crippen LogP contribution in [-0.2, 0) is 11.2 Å². The van der Waals surface area contributed by atoms with Crippen molar-refractivity contribution >= 4 is 29.4 Å². The van der Waals surface area contributed by atoms with Crippen LogP contribution < -0.4 is 21.2 Å². The highest BCUT2D eigenvalue weighted by Gasteiger charge is 2.19. The van der Waals surface area contributed by atoms with Crippen LogP contribution in [0, 0.1) is 5.82 Å².